The van der Waals surface area contributed by atoms with Crippen molar-refractivity contribution in [3.05, 3.63) is 71.8 Å². The minimum atomic E-state index is 0.203. The van der Waals surface area contributed by atoms with Gasteiger partial charge in [0.1, 0.15) is 0 Å². The Kier molecular flexibility index (Phi) is 6.66. The fourth-order valence-electron chi connectivity index (χ4n) is 5.13. The van der Waals surface area contributed by atoms with Crippen molar-refractivity contribution in [2.24, 2.45) is 0 Å². The molecule has 2 unspecified atom stereocenters. The van der Waals surface area contributed by atoms with Crippen molar-refractivity contribution in [1.82, 2.24) is 0 Å². The maximum absolute atomic E-state index is 2.39. The van der Waals surface area contributed by atoms with Crippen LogP contribution < -0.4 is 0 Å². The zero-order valence-corrected chi connectivity index (χ0v) is 16.0. The molecule has 0 N–H and O–H groups in total. The second-order valence-electron chi connectivity index (χ2n) is 7.10. The van der Waals surface area contributed by atoms with Crippen LogP contribution in [0, 0.1) is 0 Å². The third-order valence-corrected chi connectivity index (χ3v) is 6.13. The van der Waals surface area contributed by atoms with Crippen molar-refractivity contribution in [3.63, 3.8) is 0 Å². The Balaban J connectivity index is 2.74. The summed E-state index contributed by atoms with van der Waals surface area (Å²) >= 11 is 0. The van der Waals surface area contributed by atoms with E-state index in [0.717, 1.165) is 0 Å². The number of hydrogen-bond donors (Lipinski definition) is 0. The van der Waals surface area contributed by atoms with Gasteiger partial charge in [0.25, 0.3) is 0 Å². The highest BCUT2D eigenvalue weighted by atomic mass is 14.5. The van der Waals surface area contributed by atoms with Crippen LogP contribution in [0.1, 0.15) is 77.3 Å². The molecule has 0 aliphatic rings. The van der Waals surface area contributed by atoms with Crippen LogP contribution in [0.2, 0.25) is 0 Å². The smallest absolute Gasteiger partial charge is 0.00470 e. The highest BCUT2D eigenvalue weighted by molar-refractivity contribution is 5.39. The van der Waals surface area contributed by atoms with Gasteiger partial charge < -0.3 is 0 Å². The molecule has 0 aliphatic heterocycles. The fourth-order valence-corrected chi connectivity index (χ4v) is 5.13. The third-order valence-electron chi connectivity index (χ3n) is 6.13. The number of benzene rings is 2. The van der Waals surface area contributed by atoms with Gasteiger partial charge in [-0.3, -0.25) is 0 Å². The molecule has 0 aromatic heterocycles. The van der Waals surface area contributed by atoms with Crippen molar-refractivity contribution >= 4 is 0 Å². The minimum absolute atomic E-state index is 0.203. The van der Waals surface area contributed by atoms with E-state index >= 15 is 0 Å². The molecular formula is C24H34. The molecule has 2 aromatic rings. The normalized spacial score (nSPS) is 16.3. The molecule has 2 aromatic carbocycles. The molecule has 0 heterocycles. The summed E-state index contributed by atoms with van der Waals surface area (Å²) < 4.78 is 0. The molecule has 0 saturated heterocycles. The zero-order valence-electron chi connectivity index (χ0n) is 16.0. The van der Waals surface area contributed by atoms with Crippen LogP contribution in [0.3, 0.4) is 0 Å². The molecule has 0 nitrogen and oxygen atoms in total. The largest absolute Gasteiger partial charge is 0.0654 e. The van der Waals surface area contributed by atoms with Crippen molar-refractivity contribution in [2.45, 2.75) is 77.0 Å². The van der Waals surface area contributed by atoms with Gasteiger partial charge in [0.15, 0.2) is 0 Å². The lowest BCUT2D eigenvalue weighted by molar-refractivity contribution is 0.161. The summed E-state index contributed by atoms with van der Waals surface area (Å²) in [5.74, 6) is 0. The lowest BCUT2D eigenvalue weighted by Gasteiger charge is -2.52. The van der Waals surface area contributed by atoms with E-state index in [1.54, 1.807) is 0 Å². The van der Waals surface area contributed by atoms with Crippen LogP contribution in [-0.4, -0.2) is 0 Å². The zero-order chi connectivity index (χ0) is 17.5. The molecule has 2 rings (SSSR count). The first-order chi connectivity index (χ1) is 11.7. The Morgan fingerprint density at radius 2 is 0.875 bits per heavy atom. The summed E-state index contributed by atoms with van der Waals surface area (Å²) in [5.41, 5.74) is 3.45. The summed E-state index contributed by atoms with van der Waals surface area (Å²) in [5, 5.41) is 0. The van der Waals surface area contributed by atoms with E-state index in [2.05, 4.69) is 88.4 Å². The SMILES string of the molecule is CCCC(CC)(c1ccccc1)C(CC)(CCC)c1ccccc1. The van der Waals surface area contributed by atoms with Crippen molar-refractivity contribution < 1.29 is 0 Å². The quantitative estimate of drug-likeness (QED) is 0.455. The Hall–Kier alpha value is -1.56. The summed E-state index contributed by atoms with van der Waals surface area (Å²) in [6.45, 7) is 9.47. The first-order valence-corrected chi connectivity index (χ1v) is 9.81. The van der Waals surface area contributed by atoms with Crippen molar-refractivity contribution in [3.8, 4) is 0 Å². The highest BCUT2D eigenvalue weighted by Gasteiger charge is 2.49. The van der Waals surface area contributed by atoms with Crippen LogP contribution in [0.4, 0.5) is 0 Å². The second kappa shape index (κ2) is 8.51. The Morgan fingerprint density at radius 1 is 0.542 bits per heavy atom. The van der Waals surface area contributed by atoms with Crippen LogP contribution in [0.25, 0.3) is 0 Å². The molecule has 130 valence electrons. The molecule has 0 radical (unpaired) electrons. The maximum Gasteiger partial charge on any atom is 0.00470 e. The van der Waals surface area contributed by atoms with Crippen LogP contribution >= 0.6 is 0 Å². The van der Waals surface area contributed by atoms with Crippen LogP contribution in [0.15, 0.2) is 60.7 Å². The molecule has 0 aliphatic carbocycles. The molecule has 2 atom stereocenters. The first kappa shape index (κ1) is 18.8. The van der Waals surface area contributed by atoms with Crippen LogP contribution in [0.5, 0.6) is 0 Å². The van der Waals surface area contributed by atoms with Gasteiger partial charge >= 0.3 is 0 Å². The molecular weight excluding hydrogens is 288 g/mol. The van der Waals surface area contributed by atoms with E-state index < -0.39 is 0 Å². The summed E-state index contributed by atoms with van der Waals surface area (Å²) in [6, 6.07) is 22.6. The maximum atomic E-state index is 2.39. The van der Waals surface area contributed by atoms with Gasteiger partial charge in [-0.2, -0.15) is 0 Å². The lowest BCUT2D eigenvalue weighted by Crippen LogP contribution is -2.48. The fraction of sp³-hybridized carbons (Fsp3) is 0.500. The molecule has 0 spiro atoms. The molecule has 24 heavy (non-hydrogen) atoms. The second-order valence-corrected chi connectivity index (χ2v) is 7.10. The van der Waals surface area contributed by atoms with Gasteiger partial charge in [-0.05, 0) is 36.8 Å². The molecule has 0 fully saturated rings. The van der Waals surface area contributed by atoms with E-state index in [0.29, 0.717) is 0 Å². The summed E-state index contributed by atoms with van der Waals surface area (Å²) in [7, 11) is 0. The highest BCUT2D eigenvalue weighted by Crippen LogP contribution is 2.54. The van der Waals surface area contributed by atoms with Gasteiger partial charge in [0, 0.05) is 10.8 Å². The van der Waals surface area contributed by atoms with E-state index in [1.807, 2.05) is 0 Å². The third kappa shape index (κ3) is 3.16. The van der Waals surface area contributed by atoms with E-state index in [-0.39, 0.29) is 10.8 Å². The van der Waals surface area contributed by atoms with Gasteiger partial charge in [-0.25, -0.2) is 0 Å². The molecule has 0 bridgehead atoms. The monoisotopic (exact) mass is 322 g/mol. The number of hydrogen-bond acceptors (Lipinski definition) is 0. The summed E-state index contributed by atoms with van der Waals surface area (Å²) in [4.78, 5) is 0. The summed E-state index contributed by atoms with van der Waals surface area (Å²) in [6.07, 6.45) is 7.32. The molecule has 0 heteroatoms. The predicted molar refractivity (Wildman–Crippen MR) is 107 cm³/mol. The Bertz CT molecular complexity index is 530. The average molecular weight is 323 g/mol. The average Bonchev–Trinajstić information content (AvgIpc) is 2.66. The van der Waals surface area contributed by atoms with Crippen molar-refractivity contribution in [1.29, 1.82) is 0 Å². The first-order valence-electron chi connectivity index (χ1n) is 9.81. The standard InChI is InChI=1S/C24H34/c1-5-19-23(7-3,21-15-11-9-12-16-21)24(8-4,20-6-2)22-17-13-10-14-18-22/h9-18H,5-8,19-20H2,1-4H3. The molecule has 0 saturated carbocycles. The number of rotatable bonds is 9. The van der Waals surface area contributed by atoms with Gasteiger partial charge in [0.2, 0.25) is 0 Å². The topological polar surface area (TPSA) is 0 Å². The Morgan fingerprint density at radius 3 is 1.12 bits per heavy atom. The predicted octanol–water partition coefficient (Wildman–Crippen LogP) is 7.28. The van der Waals surface area contributed by atoms with Crippen molar-refractivity contribution in [2.75, 3.05) is 0 Å². The Labute approximate surface area is 149 Å². The van der Waals surface area contributed by atoms with Gasteiger partial charge in [0.05, 0.1) is 0 Å². The van der Waals surface area contributed by atoms with Crippen LogP contribution in [-0.2, 0) is 10.8 Å². The van der Waals surface area contributed by atoms with E-state index in [9.17, 15) is 0 Å². The lowest BCUT2D eigenvalue weighted by atomic mass is 9.51. The van der Waals surface area contributed by atoms with Gasteiger partial charge in [-0.1, -0.05) is 101 Å². The minimum Gasteiger partial charge on any atom is -0.0654 e. The van der Waals surface area contributed by atoms with E-state index in [4.69, 9.17) is 0 Å². The molecule has 0 amide bonds. The van der Waals surface area contributed by atoms with E-state index in [1.165, 1.54) is 49.7 Å². The van der Waals surface area contributed by atoms with Gasteiger partial charge in [-0.15, -0.1) is 0 Å².